The Morgan fingerprint density at radius 3 is 2.82 bits per heavy atom. The lowest BCUT2D eigenvalue weighted by molar-refractivity contribution is 0.585. The summed E-state index contributed by atoms with van der Waals surface area (Å²) >= 11 is 0. The van der Waals surface area contributed by atoms with Gasteiger partial charge in [-0.05, 0) is 38.8 Å². The fourth-order valence-electron chi connectivity index (χ4n) is 2.57. The minimum atomic E-state index is 0.649. The molecule has 2 N–H and O–H groups in total. The maximum absolute atomic E-state index is 5.62. The minimum absolute atomic E-state index is 0.649. The molecule has 0 aromatic carbocycles. The van der Waals surface area contributed by atoms with E-state index >= 15 is 0 Å². The van der Waals surface area contributed by atoms with E-state index in [1.54, 1.807) is 0 Å². The number of hydrogen-bond acceptors (Lipinski definition) is 4. The van der Waals surface area contributed by atoms with Gasteiger partial charge in [-0.3, -0.25) is 0 Å². The van der Waals surface area contributed by atoms with Gasteiger partial charge in [-0.15, -0.1) is 0 Å². The third-order valence-electron chi connectivity index (χ3n) is 3.42. The quantitative estimate of drug-likeness (QED) is 0.845. The highest BCUT2D eigenvalue weighted by Crippen LogP contribution is 2.27. The van der Waals surface area contributed by atoms with Gasteiger partial charge in [-0.25, -0.2) is 9.97 Å². The lowest BCUT2D eigenvalue weighted by Crippen LogP contribution is -2.35. The number of anilines is 1. The largest absolute Gasteiger partial charge is 0.353 e. The molecule has 2 rings (SSSR count). The summed E-state index contributed by atoms with van der Waals surface area (Å²) in [4.78, 5) is 11.1. The molecule has 0 spiro atoms. The van der Waals surface area contributed by atoms with E-state index in [2.05, 4.69) is 14.9 Å². The van der Waals surface area contributed by atoms with Gasteiger partial charge in [-0.1, -0.05) is 12.8 Å². The summed E-state index contributed by atoms with van der Waals surface area (Å²) in [6.45, 7) is 3.70. The Kier molecular flexibility index (Phi) is 4.31. The molecule has 4 heteroatoms. The second-order valence-corrected chi connectivity index (χ2v) is 4.74. The van der Waals surface area contributed by atoms with Gasteiger partial charge in [0.2, 0.25) is 0 Å². The van der Waals surface area contributed by atoms with E-state index in [4.69, 9.17) is 5.73 Å². The van der Waals surface area contributed by atoms with Gasteiger partial charge in [0.15, 0.2) is 0 Å². The number of aryl methyl sites for hydroxylation is 1. The van der Waals surface area contributed by atoms with Crippen molar-refractivity contribution in [1.82, 2.24) is 9.97 Å². The highest BCUT2D eigenvalue weighted by molar-refractivity contribution is 5.39. The molecule has 0 atom stereocenters. The van der Waals surface area contributed by atoms with E-state index in [9.17, 15) is 0 Å². The average molecular weight is 234 g/mol. The smallest absolute Gasteiger partial charge is 0.132 e. The Labute approximate surface area is 103 Å². The Morgan fingerprint density at radius 1 is 1.41 bits per heavy atom. The van der Waals surface area contributed by atoms with Crippen molar-refractivity contribution in [3.8, 4) is 0 Å². The molecule has 0 aliphatic heterocycles. The molecule has 1 aromatic rings. The van der Waals surface area contributed by atoms with Crippen molar-refractivity contribution in [3.63, 3.8) is 0 Å². The first-order valence-corrected chi connectivity index (χ1v) is 6.57. The van der Waals surface area contributed by atoms with Gasteiger partial charge in [-0.2, -0.15) is 0 Å². The van der Waals surface area contributed by atoms with Gasteiger partial charge in [0.05, 0.1) is 0 Å². The number of aromatic nitrogens is 2. The van der Waals surface area contributed by atoms with Crippen LogP contribution in [0.3, 0.4) is 0 Å². The summed E-state index contributed by atoms with van der Waals surface area (Å²) in [6.07, 6.45) is 8.13. The minimum Gasteiger partial charge on any atom is -0.353 e. The van der Waals surface area contributed by atoms with E-state index < -0.39 is 0 Å². The molecule has 1 fully saturated rings. The molecule has 1 aliphatic rings. The maximum atomic E-state index is 5.62. The zero-order valence-corrected chi connectivity index (χ0v) is 10.6. The molecule has 0 amide bonds. The summed E-state index contributed by atoms with van der Waals surface area (Å²) < 4.78 is 0. The number of nitrogens with two attached hydrogens (primary N) is 1. The molecule has 94 valence electrons. The molecule has 0 radical (unpaired) electrons. The first kappa shape index (κ1) is 12.3. The van der Waals surface area contributed by atoms with Crippen LogP contribution in [0, 0.1) is 6.92 Å². The SMILES string of the molecule is Cc1nccc(N(CCCN)C2CCCC2)n1. The van der Waals surface area contributed by atoms with Crippen molar-refractivity contribution in [2.75, 3.05) is 18.0 Å². The summed E-state index contributed by atoms with van der Waals surface area (Å²) in [5.41, 5.74) is 5.62. The van der Waals surface area contributed by atoms with Crippen LogP contribution in [0.4, 0.5) is 5.82 Å². The summed E-state index contributed by atoms with van der Waals surface area (Å²) in [5.74, 6) is 1.91. The molecule has 1 heterocycles. The predicted molar refractivity (Wildman–Crippen MR) is 70.0 cm³/mol. The van der Waals surface area contributed by atoms with Crippen molar-refractivity contribution in [2.24, 2.45) is 5.73 Å². The second-order valence-electron chi connectivity index (χ2n) is 4.74. The maximum Gasteiger partial charge on any atom is 0.132 e. The molecular formula is C13H22N4. The third-order valence-corrected chi connectivity index (χ3v) is 3.42. The van der Waals surface area contributed by atoms with Gasteiger partial charge in [0.1, 0.15) is 11.6 Å². The third kappa shape index (κ3) is 3.16. The zero-order chi connectivity index (χ0) is 12.1. The predicted octanol–water partition coefficient (Wildman–Crippen LogP) is 1.88. The molecule has 4 nitrogen and oxygen atoms in total. The Morgan fingerprint density at radius 2 is 2.18 bits per heavy atom. The summed E-state index contributed by atoms with van der Waals surface area (Å²) in [7, 11) is 0. The zero-order valence-electron chi connectivity index (χ0n) is 10.6. The van der Waals surface area contributed by atoms with E-state index in [-0.39, 0.29) is 0 Å². The number of rotatable bonds is 5. The molecule has 0 saturated heterocycles. The van der Waals surface area contributed by atoms with Crippen molar-refractivity contribution >= 4 is 5.82 Å². The first-order chi connectivity index (χ1) is 8.31. The van der Waals surface area contributed by atoms with Crippen LogP contribution in [0.15, 0.2) is 12.3 Å². The lowest BCUT2D eigenvalue weighted by atomic mass is 10.2. The van der Waals surface area contributed by atoms with Crippen molar-refractivity contribution < 1.29 is 0 Å². The van der Waals surface area contributed by atoms with E-state index in [1.165, 1.54) is 25.7 Å². The normalized spacial score (nSPS) is 16.4. The Balaban J connectivity index is 2.13. The van der Waals surface area contributed by atoms with Crippen LogP contribution in [-0.4, -0.2) is 29.1 Å². The van der Waals surface area contributed by atoms with Gasteiger partial charge in [0.25, 0.3) is 0 Å². The van der Waals surface area contributed by atoms with Crippen LogP contribution < -0.4 is 10.6 Å². The van der Waals surface area contributed by atoms with Crippen LogP contribution in [0.1, 0.15) is 37.9 Å². The van der Waals surface area contributed by atoms with Crippen molar-refractivity contribution in [2.45, 2.75) is 45.1 Å². The Hall–Kier alpha value is -1.16. The second kappa shape index (κ2) is 5.96. The van der Waals surface area contributed by atoms with Crippen LogP contribution in [0.25, 0.3) is 0 Å². The van der Waals surface area contributed by atoms with Crippen LogP contribution in [0.5, 0.6) is 0 Å². The van der Waals surface area contributed by atoms with E-state index in [0.717, 1.165) is 31.2 Å². The van der Waals surface area contributed by atoms with E-state index in [0.29, 0.717) is 6.04 Å². The van der Waals surface area contributed by atoms with Crippen molar-refractivity contribution in [3.05, 3.63) is 18.1 Å². The highest BCUT2D eigenvalue weighted by atomic mass is 15.2. The van der Waals surface area contributed by atoms with Crippen LogP contribution >= 0.6 is 0 Å². The molecule has 0 bridgehead atoms. The standard InChI is InChI=1S/C13H22N4/c1-11-15-9-7-13(16-11)17(10-4-8-14)12-5-2-3-6-12/h7,9,12H,2-6,8,10,14H2,1H3. The van der Waals surface area contributed by atoms with Crippen molar-refractivity contribution in [1.29, 1.82) is 0 Å². The van der Waals surface area contributed by atoms with Crippen LogP contribution in [0.2, 0.25) is 0 Å². The highest BCUT2D eigenvalue weighted by Gasteiger charge is 2.23. The topological polar surface area (TPSA) is 55.0 Å². The number of nitrogens with zero attached hydrogens (tertiary/aromatic N) is 3. The van der Waals surface area contributed by atoms with Gasteiger partial charge in [0, 0.05) is 18.8 Å². The molecule has 17 heavy (non-hydrogen) atoms. The van der Waals surface area contributed by atoms with Gasteiger partial charge < -0.3 is 10.6 Å². The summed E-state index contributed by atoms with van der Waals surface area (Å²) in [6, 6.07) is 2.66. The fourth-order valence-corrected chi connectivity index (χ4v) is 2.57. The van der Waals surface area contributed by atoms with Crippen LogP contribution in [-0.2, 0) is 0 Å². The first-order valence-electron chi connectivity index (χ1n) is 6.57. The molecule has 1 aliphatic carbocycles. The van der Waals surface area contributed by atoms with Gasteiger partial charge >= 0.3 is 0 Å². The molecule has 1 saturated carbocycles. The monoisotopic (exact) mass is 234 g/mol. The lowest BCUT2D eigenvalue weighted by Gasteiger charge is -2.30. The molecule has 1 aromatic heterocycles. The summed E-state index contributed by atoms with van der Waals surface area (Å²) in [5, 5.41) is 0. The molecule has 0 unspecified atom stereocenters. The van der Waals surface area contributed by atoms with E-state index in [1.807, 2.05) is 19.2 Å². The molecular weight excluding hydrogens is 212 g/mol. The number of hydrogen-bond donors (Lipinski definition) is 1. The Bertz CT molecular complexity index is 347. The average Bonchev–Trinajstić information content (AvgIpc) is 2.83. The fraction of sp³-hybridized carbons (Fsp3) is 0.692.